The van der Waals surface area contributed by atoms with E-state index in [-0.39, 0.29) is 23.9 Å². The third-order valence-electron chi connectivity index (χ3n) is 5.43. The molecule has 1 aromatic carbocycles. The van der Waals surface area contributed by atoms with Crippen molar-refractivity contribution in [1.82, 2.24) is 15.0 Å². The molecule has 1 aliphatic rings. The molecule has 31 heavy (non-hydrogen) atoms. The van der Waals surface area contributed by atoms with Gasteiger partial charge in [-0.05, 0) is 43.0 Å². The van der Waals surface area contributed by atoms with Crippen LogP contribution < -0.4 is 10.2 Å². The predicted molar refractivity (Wildman–Crippen MR) is 108 cm³/mol. The molecule has 10 heteroatoms. The van der Waals surface area contributed by atoms with E-state index in [0.717, 1.165) is 42.3 Å². The summed E-state index contributed by atoms with van der Waals surface area (Å²) in [6.07, 6.45) is 0.623. The Morgan fingerprint density at radius 1 is 1.26 bits per heavy atom. The number of hydrogen-bond donors (Lipinski definition) is 2. The molecule has 3 heterocycles. The van der Waals surface area contributed by atoms with Crippen molar-refractivity contribution in [3.63, 3.8) is 0 Å². The van der Waals surface area contributed by atoms with Crippen molar-refractivity contribution in [2.45, 2.75) is 25.4 Å². The van der Waals surface area contributed by atoms with Crippen LogP contribution in [0.4, 0.5) is 29.1 Å². The van der Waals surface area contributed by atoms with Gasteiger partial charge in [0.25, 0.3) is 0 Å². The summed E-state index contributed by atoms with van der Waals surface area (Å²) in [5.41, 5.74) is -0.540. The van der Waals surface area contributed by atoms with E-state index in [9.17, 15) is 22.4 Å². The Kier molecular flexibility index (Phi) is 5.79. The summed E-state index contributed by atoms with van der Waals surface area (Å²) in [7, 11) is 0. The maximum Gasteiger partial charge on any atom is 0.419 e. The number of piperidine rings is 1. The second kappa shape index (κ2) is 8.52. The lowest BCUT2D eigenvalue weighted by molar-refractivity contribution is -0.139. The molecule has 0 saturated carbocycles. The van der Waals surface area contributed by atoms with Crippen LogP contribution in [0, 0.1) is 11.7 Å². The number of nitrogens with one attached hydrogen (secondary N) is 2. The summed E-state index contributed by atoms with van der Waals surface area (Å²) in [6.45, 7) is 1.38. The zero-order valence-electron chi connectivity index (χ0n) is 16.5. The first-order chi connectivity index (χ1) is 14.8. The number of ketones is 1. The topological polar surface area (TPSA) is 73.9 Å². The van der Waals surface area contributed by atoms with Crippen molar-refractivity contribution >= 4 is 28.3 Å². The molecule has 0 radical (unpaired) electrons. The molecular formula is C21H21F4N5O. The van der Waals surface area contributed by atoms with Gasteiger partial charge in [0.15, 0.2) is 5.78 Å². The van der Waals surface area contributed by atoms with Crippen LogP contribution >= 0.6 is 0 Å². The van der Waals surface area contributed by atoms with Crippen molar-refractivity contribution in [2.24, 2.45) is 5.92 Å². The Balaban J connectivity index is 1.35. The minimum Gasteiger partial charge on any atom is -0.378 e. The molecule has 164 valence electrons. The number of anilines is 2. The number of carbonyl (C=O) groups excluding carboxylic acids is 1. The average Bonchev–Trinajstić information content (AvgIpc) is 3.21. The molecule has 1 atom stereocenters. The minimum absolute atomic E-state index is 0.0585. The Hall–Kier alpha value is -3.17. The van der Waals surface area contributed by atoms with Crippen LogP contribution in [0.15, 0.2) is 36.8 Å². The summed E-state index contributed by atoms with van der Waals surface area (Å²) in [6, 6.07) is 4.54. The Bertz CT molecular complexity index is 1080. The molecule has 3 aromatic rings. The zero-order valence-corrected chi connectivity index (χ0v) is 16.5. The van der Waals surface area contributed by atoms with Crippen LogP contribution in [-0.4, -0.2) is 40.4 Å². The lowest BCUT2D eigenvalue weighted by atomic mass is 9.92. The quantitative estimate of drug-likeness (QED) is 0.562. The highest BCUT2D eigenvalue weighted by atomic mass is 19.4. The SMILES string of the molecule is O=C(CNc1ccc(F)c(C(F)(F)F)c1)CC1CCCN(c2ncnc3[nH]ccc23)C1. The maximum atomic E-state index is 13.4. The number of hydrogen-bond acceptors (Lipinski definition) is 5. The number of nitrogens with zero attached hydrogens (tertiary/aromatic N) is 3. The molecule has 0 bridgehead atoms. The van der Waals surface area contributed by atoms with Gasteiger partial charge in [0, 0.05) is 31.4 Å². The van der Waals surface area contributed by atoms with Crippen molar-refractivity contribution in [1.29, 1.82) is 0 Å². The van der Waals surface area contributed by atoms with E-state index < -0.39 is 17.6 Å². The monoisotopic (exact) mass is 435 g/mol. The second-order valence-electron chi connectivity index (χ2n) is 7.68. The van der Waals surface area contributed by atoms with Crippen LogP contribution in [0.2, 0.25) is 0 Å². The van der Waals surface area contributed by atoms with Crippen molar-refractivity contribution < 1.29 is 22.4 Å². The summed E-state index contributed by atoms with van der Waals surface area (Å²) in [5.74, 6) is -0.509. The van der Waals surface area contributed by atoms with Gasteiger partial charge in [-0.15, -0.1) is 0 Å². The van der Waals surface area contributed by atoms with Gasteiger partial charge in [-0.3, -0.25) is 4.79 Å². The van der Waals surface area contributed by atoms with Gasteiger partial charge in [-0.1, -0.05) is 0 Å². The molecule has 1 aliphatic heterocycles. The molecule has 1 unspecified atom stereocenters. The highest BCUT2D eigenvalue weighted by Gasteiger charge is 2.34. The highest BCUT2D eigenvalue weighted by molar-refractivity contribution is 5.87. The number of aromatic amines is 1. The van der Waals surface area contributed by atoms with Gasteiger partial charge in [0.1, 0.15) is 23.6 Å². The lowest BCUT2D eigenvalue weighted by Crippen LogP contribution is -2.37. The standard InChI is InChI=1S/C21H21F4N5O/c22-18-4-3-14(9-17(18)21(23,24)25)27-10-15(31)8-13-2-1-7-30(11-13)20-16-5-6-26-19(16)28-12-29-20/h3-6,9,12-13,27H,1-2,7-8,10-11H2,(H,26,28,29). The number of aromatic nitrogens is 3. The number of halogens is 4. The fourth-order valence-corrected chi connectivity index (χ4v) is 3.98. The fourth-order valence-electron chi connectivity index (χ4n) is 3.98. The van der Waals surface area contributed by atoms with Crippen LogP contribution in [-0.2, 0) is 11.0 Å². The van der Waals surface area contributed by atoms with E-state index in [2.05, 4.69) is 25.2 Å². The van der Waals surface area contributed by atoms with Gasteiger partial charge in [0.2, 0.25) is 0 Å². The van der Waals surface area contributed by atoms with Crippen LogP contribution in [0.1, 0.15) is 24.8 Å². The predicted octanol–water partition coefficient (Wildman–Crippen LogP) is 4.40. The normalized spacial score (nSPS) is 17.2. The highest BCUT2D eigenvalue weighted by Crippen LogP contribution is 2.33. The third-order valence-corrected chi connectivity index (χ3v) is 5.43. The first-order valence-electron chi connectivity index (χ1n) is 9.96. The molecule has 2 N–H and O–H groups in total. The number of Topliss-reactive ketones (excluding diaryl/α,β-unsaturated/α-hetero) is 1. The Morgan fingerprint density at radius 2 is 2.10 bits per heavy atom. The summed E-state index contributed by atoms with van der Waals surface area (Å²) in [4.78, 5) is 26.2. The smallest absolute Gasteiger partial charge is 0.378 e. The molecular weight excluding hydrogens is 414 g/mol. The maximum absolute atomic E-state index is 13.4. The van der Waals surface area contributed by atoms with Gasteiger partial charge in [0.05, 0.1) is 17.5 Å². The van der Waals surface area contributed by atoms with E-state index in [1.165, 1.54) is 12.4 Å². The largest absolute Gasteiger partial charge is 0.419 e. The molecule has 2 aromatic heterocycles. The molecule has 0 spiro atoms. The van der Waals surface area contributed by atoms with Crippen LogP contribution in [0.3, 0.4) is 0 Å². The number of H-pyrrole nitrogens is 1. The van der Waals surface area contributed by atoms with E-state index in [0.29, 0.717) is 19.0 Å². The Morgan fingerprint density at radius 3 is 2.90 bits per heavy atom. The van der Waals surface area contributed by atoms with E-state index >= 15 is 0 Å². The molecule has 6 nitrogen and oxygen atoms in total. The summed E-state index contributed by atoms with van der Waals surface area (Å²) in [5, 5.41) is 3.61. The lowest BCUT2D eigenvalue weighted by Gasteiger charge is -2.33. The van der Waals surface area contributed by atoms with Gasteiger partial charge in [-0.2, -0.15) is 13.2 Å². The molecule has 1 saturated heterocycles. The number of benzene rings is 1. The molecule has 0 amide bonds. The third kappa shape index (κ3) is 4.78. The zero-order chi connectivity index (χ0) is 22.0. The Labute approximate surface area is 175 Å². The van der Waals surface area contributed by atoms with Gasteiger partial charge in [-0.25, -0.2) is 14.4 Å². The van der Waals surface area contributed by atoms with Crippen molar-refractivity contribution in [2.75, 3.05) is 29.9 Å². The van der Waals surface area contributed by atoms with Crippen molar-refractivity contribution in [3.8, 4) is 0 Å². The fraction of sp³-hybridized carbons (Fsp3) is 0.381. The minimum atomic E-state index is -4.79. The first-order valence-corrected chi connectivity index (χ1v) is 9.96. The number of fused-ring (bicyclic) bond motifs is 1. The average molecular weight is 435 g/mol. The van der Waals surface area contributed by atoms with E-state index in [4.69, 9.17) is 0 Å². The summed E-state index contributed by atoms with van der Waals surface area (Å²) >= 11 is 0. The van der Waals surface area contributed by atoms with Crippen LogP contribution in [0.5, 0.6) is 0 Å². The number of alkyl halides is 3. The molecule has 0 aliphatic carbocycles. The van der Waals surface area contributed by atoms with Gasteiger partial charge >= 0.3 is 6.18 Å². The second-order valence-corrected chi connectivity index (χ2v) is 7.68. The van der Waals surface area contributed by atoms with Crippen LogP contribution in [0.25, 0.3) is 11.0 Å². The molecule has 4 rings (SSSR count). The van der Waals surface area contributed by atoms with Gasteiger partial charge < -0.3 is 15.2 Å². The number of carbonyl (C=O) groups is 1. The number of rotatable bonds is 6. The molecule has 1 fully saturated rings. The van der Waals surface area contributed by atoms with E-state index in [1.54, 1.807) is 6.20 Å². The summed E-state index contributed by atoms with van der Waals surface area (Å²) < 4.78 is 51.9. The van der Waals surface area contributed by atoms with E-state index in [1.807, 2.05) is 6.07 Å². The first kappa shape index (κ1) is 21.1. The van der Waals surface area contributed by atoms with Crippen molar-refractivity contribution in [3.05, 3.63) is 48.2 Å².